The lowest BCUT2D eigenvalue weighted by Gasteiger charge is -2.35. The minimum absolute atomic E-state index is 0.00599. The Morgan fingerprint density at radius 1 is 1.05 bits per heavy atom. The Balaban J connectivity index is 1.42. The summed E-state index contributed by atoms with van der Waals surface area (Å²) < 4.78 is 22.5. The molecule has 4 rings (SSSR count). The maximum Gasteiger partial charge on any atom is 0.351 e. The molecule has 2 unspecified atom stereocenters. The number of hydrogen-bond acceptors (Lipinski definition) is 6. The average molecular weight is 652 g/mol. The van der Waals surface area contributed by atoms with E-state index in [1.54, 1.807) is 35.1 Å². The first-order chi connectivity index (χ1) is 17.8. The fourth-order valence-corrected chi connectivity index (χ4v) is 5.53. The van der Waals surface area contributed by atoms with Crippen LogP contribution in [0.3, 0.4) is 0 Å². The van der Waals surface area contributed by atoms with Crippen LogP contribution >= 0.6 is 41.5 Å². The largest absolute Gasteiger partial charge is 0.496 e. The number of esters is 1. The number of carbonyl (C=O) groups is 2. The van der Waals surface area contributed by atoms with Crippen LogP contribution < -0.4 is 9.47 Å². The maximum atomic E-state index is 13.1. The molecule has 1 aliphatic carbocycles. The van der Waals surface area contributed by atoms with Crippen molar-refractivity contribution in [1.82, 2.24) is 0 Å². The van der Waals surface area contributed by atoms with Gasteiger partial charge in [-0.3, -0.25) is 4.79 Å². The van der Waals surface area contributed by atoms with E-state index in [0.29, 0.717) is 42.7 Å². The second kappa shape index (κ2) is 12.3. The van der Waals surface area contributed by atoms with E-state index >= 15 is 0 Å². The molecule has 0 saturated heterocycles. The minimum Gasteiger partial charge on any atom is -0.496 e. The van der Waals surface area contributed by atoms with Crippen LogP contribution in [-0.4, -0.2) is 25.2 Å². The van der Waals surface area contributed by atoms with Crippen LogP contribution in [0, 0.1) is 5.41 Å². The Kier molecular flexibility index (Phi) is 9.31. The summed E-state index contributed by atoms with van der Waals surface area (Å²) in [7, 11) is 6.96. The van der Waals surface area contributed by atoms with Crippen LogP contribution in [0.15, 0.2) is 54.6 Å². The molecule has 196 valence electrons. The van der Waals surface area contributed by atoms with Crippen molar-refractivity contribution < 1.29 is 26.9 Å². The molecule has 1 saturated carbocycles. The van der Waals surface area contributed by atoms with Gasteiger partial charge in [0, 0.05) is 11.0 Å². The van der Waals surface area contributed by atoms with Crippen LogP contribution in [-0.2, 0) is 19.2 Å². The first-order valence-corrected chi connectivity index (χ1v) is 14.3. The van der Waals surface area contributed by atoms with Crippen LogP contribution in [0.5, 0.6) is 11.5 Å². The zero-order chi connectivity index (χ0) is 26.6. The van der Waals surface area contributed by atoms with Gasteiger partial charge in [-0.25, -0.2) is 4.79 Å². The molecule has 0 amide bonds. The first kappa shape index (κ1) is 28.1. The topological polar surface area (TPSA) is 71.1 Å². The number of benzene rings is 3. The van der Waals surface area contributed by atoms with E-state index in [2.05, 4.69) is 36.7 Å². The van der Waals surface area contributed by atoms with Gasteiger partial charge in [0.15, 0.2) is 23.0 Å². The van der Waals surface area contributed by atoms with Crippen molar-refractivity contribution in [2.45, 2.75) is 50.7 Å². The van der Waals surface area contributed by atoms with Gasteiger partial charge in [0.1, 0.15) is 23.7 Å². The molecule has 6 nitrogen and oxygen atoms in total. The molecule has 0 spiro atoms. The molecule has 1 aliphatic rings. The number of methoxy groups -OCH3 is 1. The lowest BCUT2D eigenvalue weighted by Crippen LogP contribution is -2.37. The van der Waals surface area contributed by atoms with E-state index < -0.39 is 11.4 Å². The summed E-state index contributed by atoms with van der Waals surface area (Å²) >= 11 is 1.57. The molecular weight excluding hydrogens is 621 g/mol. The van der Waals surface area contributed by atoms with Gasteiger partial charge in [0.2, 0.25) is 0 Å². The second-order valence-electron chi connectivity index (χ2n) is 9.57. The Hall–Kier alpha value is -1.95. The normalized spacial score (nSPS) is 19.5. The average Bonchev–Trinajstić information content (AvgIpc) is 2.92. The van der Waals surface area contributed by atoms with Crippen LogP contribution in [0.4, 0.5) is 0 Å². The second-order valence-corrected chi connectivity index (χ2v) is 12.2. The van der Waals surface area contributed by atoms with E-state index in [4.69, 9.17) is 17.3 Å². The van der Waals surface area contributed by atoms with Gasteiger partial charge in [0.25, 0.3) is 0 Å². The van der Waals surface area contributed by atoms with Crippen LogP contribution in [0.1, 0.15) is 59.5 Å². The van der Waals surface area contributed by atoms with Crippen molar-refractivity contribution in [3.63, 3.8) is 0 Å². The number of carbonyl (C=O) groups excluding carboxylic acids is 2. The molecule has 0 heterocycles. The summed E-state index contributed by atoms with van der Waals surface area (Å²) in [5, 5.41) is 2.24. The van der Waals surface area contributed by atoms with Crippen LogP contribution in [0.2, 0.25) is 0 Å². The molecule has 37 heavy (non-hydrogen) atoms. The number of fused-ring (bicyclic) bond motifs is 1. The predicted molar refractivity (Wildman–Crippen MR) is 159 cm³/mol. The quantitative estimate of drug-likeness (QED) is 0.146. The number of ether oxygens (including phenoxy) is 3. The maximum absolute atomic E-state index is 13.1. The molecule has 0 radical (unpaired) electrons. The van der Waals surface area contributed by atoms with Crippen molar-refractivity contribution in [3.05, 3.63) is 71.3 Å². The molecule has 0 bridgehead atoms. The zero-order valence-electron chi connectivity index (χ0n) is 20.9. The molecule has 0 aromatic heterocycles. The van der Waals surface area contributed by atoms with Gasteiger partial charge in [-0.15, -0.1) is 18.5 Å². The lowest BCUT2D eigenvalue weighted by molar-refractivity contribution is -0.159. The van der Waals surface area contributed by atoms with Crippen LogP contribution in [0.25, 0.3) is 10.8 Å². The van der Waals surface area contributed by atoms with E-state index in [-0.39, 0.29) is 24.1 Å². The Bertz CT molecular complexity index is 1280. The third kappa shape index (κ3) is 6.38. The molecule has 0 N–H and O–H groups in total. The van der Waals surface area contributed by atoms with Crippen molar-refractivity contribution in [1.29, 1.82) is 0 Å². The van der Waals surface area contributed by atoms with Gasteiger partial charge < -0.3 is 17.3 Å². The fourth-order valence-electron chi connectivity index (χ4n) is 4.77. The third-order valence-corrected chi connectivity index (χ3v) is 8.16. The third-order valence-electron chi connectivity index (χ3n) is 7.04. The summed E-state index contributed by atoms with van der Waals surface area (Å²) in [6.07, 6.45) is 2.64. The smallest absolute Gasteiger partial charge is 0.351 e. The monoisotopic (exact) mass is 652 g/mol. The molecule has 3 aromatic carbocycles. The van der Waals surface area contributed by atoms with Crippen molar-refractivity contribution in [3.8, 4) is 11.5 Å². The van der Waals surface area contributed by atoms with Gasteiger partial charge in [-0.05, 0) is 61.1 Å². The number of halogens is 1. The number of hydrogen-bond donors (Lipinski definition) is 0. The SMILES string of the molecule is COc1cc(C(P)P)c(OC2CCC(C)(C(=O)OCc3cccc4ccccc34)CC2)cc1C(=O)OI. The molecule has 2 atom stereocenters. The molecular formula is C28H31IO6P2. The highest BCUT2D eigenvalue weighted by Gasteiger charge is 2.40. The van der Waals surface area contributed by atoms with Gasteiger partial charge in [-0.2, -0.15) is 0 Å². The molecule has 9 heteroatoms. The molecule has 3 aromatic rings. The van der Waals surface area contributed by atoms with E-state index in [1.807, 2.05) is 31.2 Å². The van der Waals surface area contributed by atoms with Crippen molar-refractivity contribution >= 4 is 64.2 Å². The van der Waals surface area contributed by atoms with E-state index in [0.717, 1.165) is 21.9 Å². The Morgan fingerprint density at radius 3 is 2.43 bits per heavy atom. The van der Waals surface area contributed by atoms with E-state index in [1.165, 1.54) is 7.11 Å². The summed E-state index contributed by atoms with van der Waals surface area (Å²) in [5.74, 6) is 0.373. The standard InChI is InChI=1S/C28H31IO6P2/c1-28(27(31)33-16-18-8-5-7-17-6-3-4-9-20(17)18)12-10-19(11-13-28)34-24-14-21(25(30)35-29)23(32-2)15-22(24)26(36)37/h3-9,14-15,19,26H,10-13,16,36-37H2,1-2H3. The summed E-state index contributed by atoms with van der Waals surface area (Å²) in [6, 6.07) is 17.6. The first-order valence-electron chi connectivity index (χ1n) is 12.1. The fraction of sp³-hybridized carbons (Fsp3) is 0.357. The van der Waals surface area contributed by atoms with Gasteiger partial charge >= 0.3 is 11.9 Å². The summed E-state index contributed by atoms with van der Waals surface area (Å²) in [4.78, 5) is 25.4. The zero-order valence-corrected chi connectivity index (χ0v) is 25.3. The molecule has 0 aliphatic heterocycles. The van der Waals surface area contributed by atoms with E-state index in [9.17, 15) is 9.59 Å². The Labute approximate surface area is 236 Å². The van der Waals surface area contributed by atoms with Crippen molar-refractivity contribution in [2.75, 3.05) is 7.11 Å². The highest BCUT2D eigenvalue weighted by Crippen LogP contribution is 2.43. The van der Waals surface area contributed by atoms with Gasteiger partial charge in [-0.1, -0.05) is 42.5 Å². The van der Waals surface area contributed by atoms with Crippen molar-refractivity contribution in [2.24, 2.45) is 5.41 Å². The lowest BCUT2D eigenvalue weighted by atomic mass is 9.74. The molecule has 1 fully saturated rings. The number of rotatable bonds is 8. The predicted octanol–water partition coefficient (Wildman–Crippen LogP) is 7.18. The highest BCUT2D eigenvalue weighted by atomic mass is 127. The Morgan fingerprint density at radius 2 is 1.76 bits per heavy atom. The summed E-state index contributed by atoms with van der Waals surface area (Å²) in [5.41, 5.74) is 1.64. The highest BCUT2D eigenvalue weighted by molar-refractivity contribution is 14.1. The minimum atomic E-state index is -0.562. The summed E-state index contributed by atoms with van der Waals surface area (Å²) in [6.45, 7) is 2.23. The van der Waals surface area contributed by atoms with Gasteiger partial charge in [0.05, 0.1) is 18.6 Å².